The van der Waals surface area contributed by atoms with Crippen molar-refractivity contribution in [3.63, 3.8) is 0 Å². The standard InChI is InChI=1S/C49H49F2N11O5/c1-67-41-12-7-33(50)22-37(41)47(64)53-25-29-2-4-31(5-3-29)44-43-45(52)54-28-55-46(43)62(57-44)35-9-10-39(38(51)24-35)60-16-14-30(15-17-60)26-58-18-20-59(21-19-58)34-8-6-32-27-61(49(66)36(32)23-34)40-11-13-42(63)56-48(40)65/h2-10,12,22-24,28,30,40H,11,13-21,25-27H2,1H3,(H,53,64)(H2,52,54,55)(H,56,63,65)/t40-/m0/s1. The van der Waals surface area contributed by atoms with E-state index in [0.29, 0.717) is 58.1 Å². The van der Waals surface area contributed by atoms with Crippen molar-refractivity contribution in [2.75, 3.05) is 68.5 Å². The Morgan fingerprint density at radius 3 is 2.39 bits per heavy atom. The van der Waals surface area contributed by atoms with Crippen LogP contribution in [0.4, 0.5) is 26.0 Å². The molecule has 67 heavy (non-hydrogen) atoms. The number of aromatic nitrogens is 4. The predicted octanol–water partition coefficient (Wildman–Crippen LogP) is 5.08. The zero-order valence-electron chi connectivity index (χ0n) is 36.9. The molecule has 4 aliphatic heterocycles. The molecule has 0 spiro atoms. The number of carbonyl (C=O) groups is 4. The minimum absolute atomic E-state index is 0.0959. The maximum Gasteiger partial charge on any atom is 0.255 e. The maximum atomic E-state index is 16.1. The van der Waals surface area contributed by atoms with Crippen LogP contribution in [-0.2, 0) is 22.7 Å². The highest BCUT2D eigenvalue weighted by molar-refractivity contribution is 6.06. The first kappa shape index (κ1) is 43.4. The molecule has 2 aromatic heterocycles. The van der Waals surface area contributed by atoms with E-state index < -0.39 is 23.7 Å². The largest absolute Gasteiger partial charge is 0.496 e. The van der Waals surface area contributed by atoms with Crippen molar-refractivity contribution in [1.82, 2.24) is 40.2 Å². The van der Waals surface area contributed by atoms with Gasteiger partial charge in [0.1, 0.15) is 41.3 Å². The van der Waals surface area contributed by atoms with Gasteiger partial charge in [0.05, 0.1) is 29.4 Å². The van der Waals surface area contributed by atoms with Gasteiger partial charge in [0.25, 0.3) is 11.8 Å². The number of methoxy groups -OCH3 is 1. The number of imide groups is 1. The van der Waals surface area contributed by atoms with Crippen LogP contribution in [0.5, 0.6) is 5.75 Å². The van der Waals surface area contributed by atoms with Gasteiger partial charge >= 0.3 is 0 Å². The normalized spacial score (nSPS) is 18.1. The van der Waals surface area contributed by atoms with Crippen molar-refractivity contribution in [3.05, 3.63) is 119 Å². The molecule has 10 rings (SSSR count). The molecule has 18 heteroatoms. The molecular formula is C49H49F2N11O5. The second kappa shape index (κ2) is 18.1. The molecule has 4 aromatic carbocycles. The third-order valence-electron chi connectivity index (χ3n) is 13.5. The first-order valence-corrected chi connectivity index (χ1v) is 22.5. The van der Waals surface area contributed by atoms with Crippen LogP contribution in [-0.4, -0.2) is 112 Å². The Morgan fingerprint density at radius 2 is 1.64 bits per heavy atom. The molecule has 4 N–H and O–H groups in total. The molecule has 344 valence electrons. The SMILES string of the molecule is COc1ccc(F)cc1C(=O)NCc1ccc(-c2nn(-c3ccc(N4CCC(CN5CCN(c6ccc7c(c6)C(=O)N([C@H]6CCC(=O)NC6=O)C7)CC5)CC4)c(F)c3)c3ncnc(N)c23)cc1. The van der Waals surface area contributed by atoms with Gasteiger partial charge < -0.3 is 30.5 Å². The summed E-state index contributed by atoms with van der Waals surface area (Å²) in [7, 11) is 1.42. The van der Waals surface area contributed by atoms with E-state index in [1.165, 1.54) is 31.6 Å². The number of nitrogens with zero attached hydrogens (tertiary/aromatic N) is 8. The monoisotopic (exact) mass is 909 g/mol. The Morgan fingerprint density at radius 1 is 0.866 bits per heavy atom. The van der Waals surface area contributed by atoms with Gasteiger partial charge in [-0.3, -0.25) is 29.4 Å². The van der Waals surface area contributed by atoms with E-state index in [4.69, 9.17) is 15.6 Å². The van der Waals surface area contributed by atoms with Gasteiger partial charge in [0, 0.05) is 88.2 Å². The molecule has 6 aromatic rings. The molecular weight excluding hydrogens is 861 g/mol. The lowest BCUT2D eigenvalue weighted by Gasteiger charge is -2.40. The highest BCUT2D eigenvalue weighted by atomic mass is 19.1. The number of benzene rings is 4. The third kappa shape index (κ3) is 8.59. The number of nitrogens with one attached hydrogen (secondary N) is 2. The fourth-order valence-electron chi connectivity index (χ4n) is 9.81. The van der Waals surface area contributed by atoms with Crippen LogP contribution >= 0.6 is 0 Å². The van der Waals surface area contributed by atoms with E-state index in [-0.39, 0.29) is 47.7 Å². The number of piperazine rings is 1. The highest BCUT2D eigenvalue weighted by Crippen LogP contribution is 2.35. The Labute approximate surface area is 384 Å². The molecule has 3 saturated heterocycles. The van der Waals surface area contributed by atoms with Gasteiger partial charge in [-0.1, -0.05) is 30.3 Å². The van der Waals surface area contributed by atoms with Crippen molar-refractivity contribution >= 4 is 51.9 Å². The van der Waals surface area contributed by atoms with E-state index in [2.05, 4.69) is 41.4 Å². The van der Waals surface area contributed by atoms with E-state index in [1.807, 2.05) is 42.5 Å². The third-order valence-corrected chi connectivity index (χ3v) is 13.5. The number of amides is 4. The number of fused-ring (bicyclic) bond motifs is 2. The average molecular weight is 910 g/mol. The highest BCUT2D eigenvalue weighted by Gasteiger charge is 2.39. The molecule has 6 heterocycles. The number of ether oxygens (including phenoxy) is 1. The van der Waals surface area contributed by atoms with Crippen LogP contribution in [0, 0.1) is 17.6 Å². The van der Waals surface area contributed by atoms with Crippen LogP contribution in [0.25, 0.3) is 28.0 Å². The first-order chi connectivity index (χ1) is 32.5. The van der Waals surface area contributed by atoms with Gasteiger partial charge in [-0.25, -0.2) is 23.4 Å². The van der Waals surface area contributed by atoms with E-state index in [1.54, 1.807) is 15.6 Å². The van der Waals surface area contributed by atoms with Crippen molar-refractivity contribution < 1.29 is 32.7 Å². The molecule has 3 fully saturated rings. The summed E-state index contributed by atoms with van der Waals surface area (Å²) in [4.78, 5) is 67.6. The quantitative estimate of drug-likeness (QED) is 0.147. The fourth-order valence-corrected chi connectivity index (χ4v) is 9.81. The molecule has 0 radical (unpaired) electrons. The van der Waals surface area contributed by atoms with Gasteiger partial charge in [-0.2, -0.15) is 5.10 Å². The number of halogens is 2. The van der Waals surface area contributed by atoms with Gasteiger partial charge in [-0.15, -0.1) is 0 Å². The van der Waals surface area contributed by atoms with E-state index >= 15 is 4.39 Å². The molecule has 0 saturated carbocycles. The maximum absolute atomic E-state index is 16.1. The molecule has 16 nitrogen and oxygen atoms in total. The van der Waals surface area contributed by atoms with E-state index in [9.17, 15) is 23.6 Å². The lowest BCUT2D eigenvalue weighted by molar-refractivity contribution is -0.136. The summed E-state index contributed by atoms with van der Waals surface area (Å²) >= 11 is 0. The van der Waals surface area contributed by atoms with Crippen LogP contribution in [0.1, 0.15) is 57.5 Å². The fraction of sp³-hybridized carbons (Fsp3) is 0.327. The summed E-state index contributed by atoms with van der Waals surface area (Å²) in [5.41, 5.74) is 12.5. The van der Waals surface area contributed by atoms with Gasteiger partial charge in [0.2, 0.25) is 11.8 Å². The predicted molar refractivity (Wildman–Crippen MR) is 247 cm³/mol. The molecule has 0 aliphatic carbocycles. The van der Waals surface area contributed by atoms with Crippen LogP contribution in [0.2, 0.25) is 0 Å². The lowest BCUT2D eigenvalue weighted by atomic mass is 9.95. The van der Waals surface area contributed by atoms with Crippen molar-refractivity contribution in [1.29, 1.82) is 0 Å². The summed E-state index contributed by atoms with van der Waals surface area (Å²) in [6, 6.07) is 21.6. The zero-order valence-corrected chi connectivity index (χ0v) is 36.9. The number of hydrogen-bond acceptors (Lipinski definition) is 12. The molecule has 1 atom stereocenters. The minimum Gasteiger partial charge on any atom is -0.496 e. The zero-order chi connectivity index (χ0) is 46.3. The van der Waals surface area contributed by atoms with Crippen molar-refractivity contribution in [2.45, 2.75) is 44.8 Å². The van der Waals surface area contributed by atoms with Crippen molar-refractivity contribution in [3.8, 4) is 22.7 Å². The molecule has 4 amide bonds. The summed E-state index contributed by atoms with van der Waals surface area (Å²) in [6.45, 7) is 6.43. The summed E-state index contributed by atoms with van der Waals surface area (Å²) in [5.74, 6) is -1.27. The Kier molecular flexibility index (Phi) is 11.7. The number of rotatable bonds is 11. The second-order valence-electron chi connectivity index (χ2n) is 17.5. The number of nitrogen functional groups attached to an aromatic ring is 1. The van der Waals surface area contributed by atoms with Gasteiger partial charge in [0.15, 0.2) is 5.65 Å². The van der Waals surface area contributed by atoms with E-state index in [0.717, 1.165) is 81.5 Å². The number of piperidine rings is 2. The summed E-state index contributed by atoms with van der Waals surface area (Å²) in [5, 5.41) is 10.6. The number of anilines is 3. The first-order valence-electron chi connectivity index (χ1n) is 22.5. The molecule has 0 bridgehead atoms. The Bertz CT molecular complexity index is 2910. The van der Waals surface area contributed by atoms with Crippen molar-refractivity contribution in [2.24, 2.45) is 5.92 Å². The van der Waals surface area contributed by atoms with Crippen LogP contribution < -0.4 is 30.9 Å². The minimum atomic E-state index is -0.630. The van der Waals surface area contributed by atoms with Gasteiger partial charge in [-0.05, 0) is 78.8 Å². The average Bonchev–Trinajstić information content (AvgIpc) is 3.89. The number of hydrogen-bond donors (Lipinski definition) is 3. The van der Waals surface area contributed by atoms with Crippen LogP contribution in [0.3, 0.4) is 0 Å². The smallest absolute Gasteiger partial charge is 0.255 e. The lowest BCUT2D eigenvalue weighted by Crippen LogP contribution is -2.52. The summed E-state index contributed by atoms with van der Waals surface area (Å²) < 4.78 is 36.7. The number of nitrogens with two attached hydrogens (primary N) is 1. The Balaban J connectivity index is 0.740. The second-order valence-corrected chi connectivity index (χ2v) is 17.5. The molecule has 4 aliphatic rings. The van der Waals surface area contributed by atoms with Crippen LogP contribution in [0.15, 0.2) is 85.2 Å². The summed E-state index contributed by atoms with van der Waals surface area (Å²) in [6.07, 6.45) is 3.80. The molecule has 0 unspecified atom stereocenters. The Hall–Kier alpha value is -7.47. The number of carbonyl (C=O) groups excluding carboxylic acids is 4. The topological polar surface area (TPSA) is 184 Å².